The van der Waals surface area contributed by atoms with Gasteiger partial charge in [0.1, 0.15) is 23.2 Å². The number of nitrogens with zero attached hydrogens (tertiary/aromatic N) is 8. The van der Waals surface area contributed by atoms with Gasteiger partial charge in [-0.05, 0) is 68.5 Å². The minimum atomic E-state index is -0.342. The van der Waals surface area contributed by atoms with E-state index in [2.05, 4.69) is 54.9 Å². The Morgan fingerprint density at radius 3 is 2.78 bits per heavy atom. The highest BCUT2D eigenvalue weighted by molar-refractivity contribution is 7.16. The first kappa shape index (κ1) is 28.6. The Kier molecular flexibility index (Phi) is 7.30. The quantitative estimate of drug-likeness (QED) is 0.321. The summed E-state index contributed by atoms with van der Waals surface area (Å²) in [6, 6.07) is 8.25. The van der Waals surface area contributed by atoms with Gasteiger partial charge in [-0.3, -0.25) is 24.4 Å². The summed E-state index contributed by atoms with van der Waals surface area (Å²) in [6.45, 7) is 11.0. The molecule has 4 aliphatic rings. The van der Waals surface area contributed by atoms with Gasteiger partial charge in [-0.15, -0.1) is 11.3 Å². The van der Waals surface area contributed by atoms with Crippen molar-refractivity contribution in [2.24, 2.45) is 12.5 Å². The van der Waals surface area contributed by atoms with Gasteiger partial charge in [0.05, 0.1) is 16.0 Å². The van der Waals surface area contributed by atoms with E-state index >= 15 is 0 Å². The molecule has 0 unspecified atom stereocenters. The Labute approximate surface area is 266 Å². The van der Waals surface area contributed by atoms with Crippen LogP contribution in [0.25, 0.3) is 27.3 Å². The van der Waals surface area contributed by atoms with Crippen LogP contribution in [0.5, 0.6) is 0 Å². The van der Waals surface area contributed by atoms with Crippen LogP contribution < -0.4 is 4.90 Å². The third-order valence-electron chi connectivity index (χ3n) is 10.1. The first-order valence-electron chi connectivity index (χ1n) is 16.0. The molecule has 1 amide bonds. The summed E-state index contributed by atoms with van der Waals surface area (Å²) >= 11 is 1.75. The SMILES string of the molecule is C=C(CN1CC[C@]2(CCN(c3ccc4n[nH]c(C5CCOCC5)c4n3)C2=O)C1)N1CC=C(c2ccc(-c3ncn(C)n3)s2)CC1. The second kappa shape index (κ2) is 11.5. The van der Waals surface area contributed by atoms with Crippen molar-refractivity contribution in [3.05, 3.63) is 59.5 Å². The first-order valence-corrected chi connectivity index (χ1v) is 16.8. The van der Waals surface area contributed by atoms with Gasteiger partial charge in [0.25, 0.3) is 0 Å². The lowest BCUT2D eigenvalue weighted by Gasteiger charge is -2.32. The van der Waals surface area contributed by atoms with E-state index in [-0.39, 0.29) is 11.3 Å². The van der Waals surface area contributed by atoms with E-state index in [0.29, 0.717) is 12.5 Å². The minimum Gasteiger partial charge on any atom is -0.381 e. The van der Waals surface area contributed by atoms with Crippen molar-refractivity contribution in [1.29, 1.82) is 0 Å². The van der Waals surface area contributed by atoms with E-state index in [1.165, 1.54) is 10.5 Å². The van der Waals surface area contributed by atoms with Crippen LogP contribution in [0.3, 0.4) is 0 Å². The molecule has 8 heterocycles. The van der Waals surface area contributed by atoms with Crippen molar-refractivity contribution in [1.82, 2.24) is 39.7 Å². The average molecular weight is 626 g/mol. The highest BCUT2D eigenvalue weighted by Gasteiger charge is 2.51. The predicted octanol–water partition coefficient (Wildman–Crippen LogP) is 4.44. The summed E-state index contributed by atoms with van der Waals surface area (Å²) in [5.41, 5.74) is 4.98. The van der Waals surface area contributed by atoms with E-state index in [1.807, 2.05) is 24.1 Å². The number of hydrogen-bond acceptors (Lipinski definition) is 9. The standard InChI is InChI=1S/C33H39N9O2S/c1-22(41-13-7-23(8-14-41)26-4-5-27(45-26)31-34-21-39(2)38-31)19-40-15-11-33(20-40)12-16-42(32(33)43)28-6-3-25-30(35-28)29(37-36-25)24-9-17-44-18-10-24/h3-7,21,24H,1,8-20H2,2H3,(H,36,37)/t33-/m0/s1. The number of pyridine rings is 1. The van der Waals surface area contributed by atoms with Gasteiger partial charge in [-0.25, -0.2) is 9.97 Å². The molecule has 0 bridgehead atoms. The van der Waals surface area contributed by atoms with Crippen molar-refractivity contribution in [2.45, 2.75) is 38.0 Å². The molecule has 1 atom stereocenters. The smallest absolute Gasteiger partial charge is 0.235 e. The summed E-state index contributed by atoms with van der Waals surface area (Å²) in [4.78, 5) is 32.4. The number of H-pyrrole nitrogens is 1. The third-order valence-corrected chi connectivity index (χ3v) is 11.2. The molecule has 0 aliphatic carbocycles. The van der Waals surface area contributed by atoms with Crippen LogP contribution in [0.1, 0.15) is 48.6 Å². The van der Waals surface area contributed by atoms with Crippen LogP contribution in [-0.4, -0.2) is 98.1 Å². The molecule has 12 heteroatoms. The zero-order valence-electron chi connectivity index (χ0n) is 25.7. The average Bonchev–Trinajstić information content (AvgIpc) is 3.91. The minimum absolute atomic E-state index is 0.209. The number of amides is 1. The number of thiophene rings is 1. The lowest BCUT2D eigenvalue weighted by molar-refractivity contribution is -0.125. The summed E-state index contributed by atoms with van der Waals surface area (Å²) in [6.07, 6.45) is 8.72. The van der Waals surface area contributed by atoms with Gasteiger partial charge in [-0.2, -0.15) is 10.2 Å². The Hall–Kier alpha value is -3.87. The van der Waals surface area contributed by atoms with Crippen LogP contribution >= 0.6 is 11.3 Å². The monoisotopic (exact) mass is 625 g/mol. The summed E-state index contributed by atoms with van der Waals surface area (Å²) in [7, 11) is 1.89. The molecule has 0 aromatic carbocycles. The van der Waals surface area contributed by atoms with Gasteiger partial charge in [-0.1, -0.05) is 12.7 Å². The van der Waals surface area contributed by atoms with Crippen LogP contribution in [0.15, 0.2) is 48.9 Å². The van der Waals surface area contributed by atoms with E-state index in [1.54, 1.807) is 22.3 Å². The fourth-order valence-electron chi connectivity index (χ4n) is 7.46. The summed E-state index contributed by atoms with van der Waals surface area (Å²) in [5, 5.41) is 12.2. The number of hydrogen-bond donors (Lipinski definition) is 1. The van der Waals surface area contributed by atoms with Crippen molar-refractivity contribution < 1.29 is 9.53 Å². The summed E-state index contributed by atoms with van der Waals surface area (Å²) < 4.78 is 7.30. The maximum atomic E-state index is 14.0. The van der Waals surface area contributed by atoms with Crippen molar-refractivity contribution in [3.8, 4) is 10.7 Å². The number of ether oxygens (including phenoxy) is 1. The molecule has 1 spiro atoms. The molecule has 8 rings (SSSR count). The van der Waals surface area contributed by atoms with E-state index in [9.17, 15) is 4.79 Å². The highest BCUT2D eigenvalue weighted by Crippen LogP contribution is 2.43. The zero-order chi connectivity index (χ0) is 30.5. The predicted molar refractivity (Wildman–Crippen MR) is 175 cm³/mol. The van der Waals surface area contributed by atoms with Gasteiger partial charge in [0.2, 0.25) is 5.91 Å². The number of carbonyl (C=O) groups excluding carboxylic acids is 1. The molecule has 3 fully saturated rings. The molecular weight excluding hydrogens is 586 g/mol. The van der Waals surface area contributed by atoms with E-state index in [0.717, 1.165) is 117 Å². The second-order valence-corrected chi connectivity index (χ2v) is 14.0. The number of rotatable bonds is 7. The third kappa shape index (κ3) is 5.28. The van der Waals surface area contributed by atoms with Gasteiger partial charge >= 0.3 is 0 Å². The second-order valence-electron chi connectivity index (χ2n) is 12.9. The van der Waals surface area contributed by atoms with Crippen LogP contribution in [0.2, 0.25) is 0 Å². The first-order chi connectivity index (χ1) is 22.0. The van der Waals surface area contributed by atoms with E-state index in [4.69, 9.17) is 9.72 Å². The molecule has 11 nitrogen and oxygen atoms in total. The van der Waals surface area contributed by atoms with Crippen molar-refractivity contribution >= 4 is 39.7 Å². The molecule has 4 aromatic heterocycles. The van der Waals surface area contributed by atoms with Crippen LogP contribution in [-0.2, 0) is 16.6 Å². The molecule has 45 heavy (non-hydrogen) atoms. The molecular formula is C33H39N9O2S. The molecule has 4 aromatic rings. The zero-order valence-corrected chi connectivity index (χ0v) is 26.6. The number of aryl methyl sites for hydroxylation is 1. The Morgan fingerprint density at radius 2 is 1.98 bits per heavy atom. The van der Waals surface area contributed by atoms with Crippen LogP contribution in [0, 0.1) is 5.41 Å². The van der Waals surface area contributed by atoms with E-state index < -0.39 is 0 Å². The molecule has 4 aliphatic heterocycles. The number of aromatic nitrogens is 6. The largest absolute Gasteiger partial charge is 0.381 e. The molecule has 3 saturated heterocycles. The van der Waals surface area contributed by atoms with Gasteiger partial charge in [0, 0.05) is 69.5 Å². The molecule has 0 radical (unpaired) electrons. The Balaban J connectivity index is 0.890. The Morgan fingerprint density at radius 1 is 1.13 bits per heavy atom. The normalized spacial score (nSPS) is 23.1. The van der Waals surface area contributed by atoms with Crippen LogP contribution in [0.4, 0.5) is 5.82 Å². The number of likely N-dealkylation sites (tertiary alicyclic amines) is 1. The number of anilines is 1. The fraction of sp³-hybridized carbons (Fsp3) is 0.485. The maximum absolute atomic E-state index is 14.0. The maximum Gasteiger partial charge on any atom is 0.235 e. The summed E-state index contributed by atoms with van der Waals surface area (Å²) in [5.74, 6) is 2.10. The molecule has 234 valence electrons. The molecule has 0 saturated carbocycles. The topological polar surface area (TPSA) is 108 Å². The van der Waals surface area contributed by atoms with Crippen molar-refractivity contribution in [2.75, 3.05) is 57.4 Å². The lowest BCUT2D eigenvalue weighted by Crippen LogP contribution is -2.39. The highest BCUT2D eigenvalue weighted by atomic mass is 32.1. The van der Waals surface area contributed by atoms with Crippen molar-refractivity contribution in [3.63, 3.8) is 0 Å². The van der Waals surface area contributed by atoms with Gasteiger partial charge in [0.15, 0.2) is 5.82 Å². The number of fused-ring (bicyclic) bond motifs is 1. The molecule has 1 N–H and O–H groups in total. The fourth-order valence-corrected chi connectivity index (χ4v) is 8.47. The number of aromatic amines is 1. The number of nitrogens with one attached hydrogen (secondary N) is 1. The Bertz CT molecular complexity index is 1780. The van der Waals surface area contributed by atoms with Gasteiger partial charge < -0.3 is 9.64 Å². The number of carbonyl (C=O) groups is 1. The lowest BCUT2D eigenvalue weighted by atomic mass is 9.85.